The predicted octanol–water partition coefficient (Wildman–Crippen LogP) is 2.51. The van der Waals surface area contributed by atoms with Crippen LogP contribution in [0.25, 0.3) is 0 Å². The molecule has 0 radical (unpaired) electrons. The summed E-state index contributed by atoms with van der Waals surface area (Å²) in [4.78, 5) is 12.0. The van der Waals surface area contributed by atoms with Gasteiger partial charge in [0.2, 0.25) is 0 Å². The van der Waals surface area contributed by atoms with Crippen molar-refractivity contribution in [1.82, 2.24) is 10.6 Å². The molecule has 0 spiro atoms. The van der Waals surface area contributed by atoms with Crippen LogP contribution >= 0.6 is 0 Å². The summed E-state index contributed by atoms with van der Waals surface area (Å²) in [6.45, 7) is 3.43. The van der Waals surface area contributed by atoms with Gasteiger partial charge in [-0.1, -0.05) is 23.8 Å². The van der Waals surface area contributed by atoms with Crippen LogP contribution in [0.3, 0.4) is 0 Å². The van der Waals surface area contributed by atoms with Gasteiger partial charge in [0.25, 0.3) is 5.91 Å². The summed E-state index contributed by atoms with van der Waals surface area (Å²) in [5.74, 6) is -0.787. The van der Waals surface area contributed by atoms with Crippen LogP contribution in [0, 0.1) is 0 Å². The Kier molecular flexibility index (Phi) is 5.65. The van der Waals surface area contributed by atoms with Crippen molar-refractivity contribution in [3.63, 3.8) is 0 Å². The fraction of sp³-hybridized carbons (Fsp3) is 0.438. The monoisotopic (exact) mass is 328 g/mol. The summed E-state index contributed by atoms with van der Waals surface area (Å²) >= 11 is 0. The van der Waals surface area contributed by atoms with Crippen LogP contribution < -0.4 is 15.4 Å². The Morgan fingerprint density at radius 2 is 2.13 bits per heavy atom. The second kappa shape index (κ2) is 7.50. The summed E-state index contributed by atoms with van der Waals surface area (Å²) in [5, 5.41) is 5.85. The number of carbonyl (C=O) groups is 1. The Hall–Kier alpha value is -2.02. The van der Waals surface area contributed by atoms with E-state index in [1.165, 1.54) is 25.1 Å². The van der Waals surface area contributed by atoms with Crippen molar-refractivity contribution in [2.45, 2.75) is 25.6 Å². The first-order valence-corrected chi connectivity index (χ1v) is 7.37. The van der Waals surface area contributed by atoms with E-state index < -0.39 is 23.8 Å². The number of ether oxygens (including phenoxy) is 1. The van der Waals surface area contributed by atoms with Crippen molar-refractivity contribution < 1.29 is 22.7 Å². The second-order valence-corrected chi connectivity index (χ2v) is 5.29. The lowest BCUT2D eigenvalue weighted by atomic mass is 10.1. The predicted molar refractivity (Wildman–Crippen MR) is 80.1 cm³/mol. The molecule has 7 heteroatoms. The van der Waals surface area contributed by atoms with E-state index in [9.17, 15) is 18.0 Å². The lowest BCUT2D eigenvalue weighted by molar-refractivity contribution is -0.140. The van der Waals surface area contributed by atoms with Crippen LogP contribution in [-0.2, 0) is 11.0 Å². The van der Waals surface area contributed by atoms with Crippen LogP contribution in [0.4, 0.5) is 13.2 Å². The van der Waals surface area contributed by atoms with Crippen molar-refractivity contribution in [3.8, 4) is 5.75 Å². The maximum atomic E-state index is 12.9. The highest BCUT2D eigenvalue weighted by molar-refractivity contribution is 5.81. The van der Waals surface area contributed by atoms with Crippen LogP contribution in [-0.4, -0.2) is 31.6 Å². The molecule has 1 amide bonds. The van der Waals surface area contributed by atoms with Gasteiger partial charge in [-0.25, -0.2) is 0 Å². The molecular formula is C16H19F3N2O2. The minimum absolute atomic E-state index is 0.344. The standard InChI is InChI=1S/C16H19F3N2O2/c1-11(15(22)21-10-12-6-8-20-9-7-12)23-14-5-3-2-4-13(14)16(17,18)19/h2-6,11,20H,7-10H2,1H3,(H,21,22). The number of rotatable bonds is 5. The van der Waals surface area contributed by atoms with Gasteiger partial charge in [0.05, 0.1) is 5.56 Å². The quantitative estimate of drug-likeness (QED) is 0.817. The zero-order valence-corrected chi connectivity index (χ0v) is 12.7. The topological polar surface area (TPSA) is 50.4 Å². The highest BCUT2D eigenvalue weighted by Crippen LogP contribution is 2.36. The first-order valence-electron chi connectivity index (χ1n) is 7.37. The smallest absolute Gasteiger partial charge is 0.419 e. The number of para-hydroxylation sites is 1. The normalized spacial score (nSPS) is 16.4. The summed E-state index contributed by atoms with van der Waals surface area (Å²) in [6.07, 6.45) is -2.70. The van der Waals surface area contributed by atoms with Crippen molar-refractivity contribution in [1.29, 1.82) is 0 Å². The molecular weight excluding hydrogens is 309 g/mol. The summed E-state index contributed by atoms with van der Waals surface area (Å²) < 4.78 is 43.9. The minimum Gasteiger partial charge on any atom is -0.480 e. The lowest BCUT2D eigenvalue weighted by Crippen LogP contribution is -2.38. The van der Waals surface area contributed by atoms with E-state index in [2.05, 4.69) is 10.6 Å². The third-order valence-electron chi connectivity index (χ3n) is 3.51. The zero-order valence-electron chi connectivity index (χ0n) is 12.7. The van der Waals surface area contributed by atoms with Gasteiger partial charge >= 0.3 is 6.18 Å². The van der Waals surface area contributed by atoms with Crippen LogP contribution in [0.15, 0.2) is 35.9 Å². The maximum absolute atomic E-state index is 12.9. The highest BCUT2D eigenvalue weighted by Gasteiger charge is 2.34. The fourth-order valence-electron chi connectivity index (χ4n) is 2.22. The molecule has 2 N–H and O–H groups in total. The summed E-state index contributed by atoms with van der Waals surface area (Å²) in [7, 11) is 0. The molecule has 0 bridgehead atoms. The van der Waals surface area contributed by atoms with E-state index in [-0.39, 0.29) is 5.75 Å². The lowest BCUT2D eigenvalue weighted by Gasteiger charge is -2.19. The molecule has 0 aromatic heterocycles. The Morgan fingerprint density at radius 3 is 2.78 bits per heavy atom. The van der Waals surface area contributed by atoms with E-state index in [1.807, 2.05) is 6.08 Å². The first-order chi connectivity index (χ1) is 10.9. The largest absolute Gasteiger partial charge is 0.480 e. The molecule has 1 unspecified atom stereocenters. The fourth-order valence-corrected chi connectivity index (χ4v) is 2.22. The SMILES string of the molecule is CC(Oc1ccccc1C(F)(F)F)C(=O)NCC1=CCNCC1. The summed E-state index contributed by atoms with van der Waals surface area (Å²) in [5.41, 5.74) is 0.209. The van der Waals surface area contributed by atoms with Crippen LogP contribution in [0.1, 0.15) is 18.9 Å². The van der Waals surface area contributed by atoms with Crippen LogP contribution in [0.5, 0.6) is 5.75 Å². The Labute approximate surface area is 132 Å². The molecule has 0 saturated carbocycles. The van der Waals surface area contributed by atoms with Gasteiger partial charge in [-0.15, -0.1) is 0 Å². The highest BCUT2D eigenvalue weighted by atomic mass is 19.4. The summed E-state index contributed by atoms with van der Waals surface area (Å²) in [6, 6.07) is 4.86. The molecule has 0 saturated heterocycles. The third kappa shape index (κ3) is 4.99. The molecule has 1 aliphatic heterocycles. The van der Waals surface area contributed by atoms with Gasteiger partial charge in [-0.05, 0) is 32.0 Å². The zero-order chi connectivity index (χ0) is 16.9. The average Bonchev–Trinajstić information content (AvgIpc) is 2.53. The Bertz CT molecular complexity index is 585. The van der Waals surface area contributed by atoms with E-state index in [1.54, 1.807) is 0 Å². The van der Waals surface area contributed by atoms with Gasteiger partial charge in [0.15, 0.2) is 6.10 Å². The number of hydrogen-bond donors (Lipinski definition) is 2. The van der Waals surface area contributed by atoms with Gasteiger partial charge < -0.3 is 15.4 Å². The van der Waals surface area contributed by atoms with E-state index in [0.29, 0.717) is 6.54 Å². The number of nitrogens with one attached hydrogen (secondary N) is 2. The molecule has 4 nitrogen and oxygen atoms in total. The molecule has 0 aliphatic carbocycles. The number of carbonyl (C=O) groups excluding carboxylic acids is 1. The van der Waals surface area contributed by atoms with E-state index >= 15 is 0 Å². The molecule has 126 valence electrons. The minimum atomic E-state index is -4.52. The molecule has 1 heterocycles. The molecule has 1 atom stereocenters. The number of hydrogen-bond acceptors (Lipinski definition) is 3. The van der Waals surface area contributed by atoms with Gasteiger partial charge in [-0.2, -0.15) is 13.2 Å². The molecule has 0 fully saturated rings. The average molecular weight is 328 g/mol. The molecule has 1 aliphatic rings. The van der Waals surface area contributed by atoms with Crippen molar-refractivity contribution in [2.75, 3.05) is 19.6 Å². The van der Waals surface area contributed by atoms with Gasteiger partial charge in [0, 0.05) is 13.1 Å². The van der Waals surface area contributed by atoms with Crippen LogP contribution in [0.2, 0.25) is 0 Å². The van der Waals surface area contributed by atoms with Gasteiger partial charge in [0.1, 0.15) is 5.75 Å². The van der Waals surface area contributed by atoms with Crippen molar-refractivity contribution in [2.24, 2.45) is 0 Å². The maximum Gasteiger partial charge on any atom is 0.419 e. The number of amides is 1. The van der Waals surface area contributed by atoms with Gasteiger partial charge in [-0.3, -0.25) is 4.79 Å². The third-order valence-corrected chi connectivity index (χ3v) is 3.51. The van der Waals surface area contributed by atoms with E-state index in [4.69, 9.17) is 4.74 Å². The van der Waals surface area contributed by atoms with Crippen molar-refractivity contribution in [3.05, 3.63) is 41.5 Å². The van der Waals surface area contributed by atoms with E-state index in [0.717, 1.165) is 31.1 Å². The molecule has 23 heavy (non-hydrogen) atoms. The second-order valence-electron chi connectivity index (χ2n) is 5.29. The number of alkyl halides is 3. The number of benzene rings is 1. The van der Waals surface area contributed by atoms with Crippen molar-refractivity contribution >= 4 is 5.91 Å². The molecule has 2 rings (SSSR count). The Morgan fingerprint density at radius 1 is 1.39 bits per heavy atom. The molecule has 1 aromatic carbocycles. The Balaban J connectivity index is 1.95. The number of halogens is 3. The molecule has 1 aromatic rings. The first kappa shape index (κ1) is 17.3.